The Morgan fingerprint density at radius 2 is 1.85 bits per heavy atom. The lowest BCUT2D eigenvalue weighted by Gasteiger charge is -2.42. The number of nitrogens with zero attached hydrogens (tertiary/aromatic N) is 4. The number of carbonyl (C=O) groups excluding carboxylic acids is 2. The van der Waals surface area contributed by atoms with Crippen LogP contribution in [0.3, 0.4) is 0 Å². The van der Waals surface area contributed by atoms with Gasteiger partial charge >= 0.3 is 6.03 Å². The first-order valence-electron chi connectivity index (χ1n) is 12.0. The van der Waals surface area contributed by atoms with Crippen molar-refractivity contribution in [2.45, 2.75) is 45.1 Å². The molecule has 6 heteroatoms. The summed E-state index contributed by atoms with van der Waals surface area (Å²) in [5.74, 6) is -0.00302. The Balaban J connectivity index is 1.36. The lowest BCUT2D eigenvalue weighted by Crippen LogP contribution is -2.56. The lowest BCUT2D eigenvalue weighted by molar-refractivity contribution is -0.135. The highest BCUT2D eigenvalue weighted by Crippen LogP contribution is 2.37. The van der Waals surface area contributed by atoms with E-state index in [-0.39, 0.29) is 11.9 Å². The fourth-order valence-electron chi connectivity index (χ4n) is 5.20. The maximum absolute atomic E-state index is 13.5. The first-order valence-corrected chi connectivity index (χ1v) is 12.0. The van der Waals surface area contributed by atoms with Crippen molar-refractivity contribution in [1.29, 1.82) is 0 Å². The van der Waals surface area contributed by atoms with Crippen molar-refractivity contribution >= 4 is 18.0 Å². The van der Waals surface area contributed by atoms with E-state index in [4.69, 9.17) is 0 Å². The third-order valence-electron chi connectivity index (χ3n) is 6.88. The molecule has 2 fully saturated rings. The van der Waals surface area contributed by atoms with Gasteiger partial charge in [0, 0.05) is 45.1 Å². The van der Waals surface area contributed by atoms with Crippen molar-refractivity contribution in [1.82, 2.24) is 19.7 Å². The molecule has 0 saturated carbocycles. The van der Waals surface area contributed by atoms with E-state index in [1.54, 1.807) is 6.20 Å². The molecule has 1 aromatic heterocycles. The summed E-state index contributed by atoms with van der Waals surface area (Å²) in [6.45, 7) is 7.69. The number of imide groups is 1. The van der Waals surface area contributed by atoms with Gasteiger partial charge in [0.05, 0.1) is 0 Å². The summed E-state index contributed by atoms with van der Waals surface area (Å²) in [6.07, 6.45) is 8.78. The van der Waals surface area contributed by atoms with Crippen molar-refractivity contribution < 1.29 is 9.59 Å². The fraction of sp³-hybridized carbons (Fsp3) is 0.444. The van der Waals surface area contributed by atoms with Gasteiger partial charge in [-0.25, -0.2) is 4.79 Å². The van der Waals surface area contributed by atoms with Crippen molar-refractivity contribution in [2.24, 2.45) is 0 Å². The second kappa shape index (κ2) is 10.3. The Morgan fingerprint density at radius 1 is 1.09 bits per heavy atom. The van der Waals surface area contributed by atoms with Crippen molar-refractivity contribution in [3.8, 4) is 0 Å². The maximum atomic E-state index is 13.5. The van der Waals surface area contributed by atoms with Crippen molar-refractivity contribution in [2.75, 3.05) is 32.7 Å². The summed E-state index contributed by atoms with van der Waals surface area (Å²) in [4.78, 5) is 36.5. The second-order valence-electron chi connectivity index (χ2n) is 9.16. The first kappa shape index (κ1) is 23.2. The third-order valence-corrected chi connectivity index (χ3v) is 6.88. The van der Waals surface area contributed by atoms with Crippen LogP contribution in [0.2, 0.25) is 0 Å². The van der Waals surface area contributed by atoms with Crippen LogP contribution in [0.25, 0.3) is 6.08 Å². The molecule has 0 radical (unpaired) electrons. The number of aromatic nitrogens is 1. The van der Waals surface area contributed by atoms with Gasteiger partial charge in [0.25, 0.3) is 5.91 Å². The van der Waals surface area contributed by atoms with Crippen LogP contribution in [-0.2, 0) is 11.2 Å². The van der Waals surface area contributed by atoms with Crippen LogP contribution >= 0.6 is 0 Å². The summed E-state index contributed by atoms with van der Waals surface area (Å²) in [5, 5.41) is 0. The Morgan fingerprint density at radius 3 is 2.52 bits per heavy atom. The fourth-order valence-corrected chi connectivity index (χ4v) is 5.20. The molecule has 0 unspecified atom stereocenters. The summed E-state index contributed by atoms with van der Waals surface area (Å²) in [6, 6.07) is 14.2. The van der Waals surface area contributed by atoms with Crippen LogP contribution in [0.4, 0.5) is 4.79 Å². The topological polar surface area (TPSA) is 56.8 Å². The predicted molar refractivity (Wildman–Crippen MR) is 131 cm³/mol. The van der Waals surface area contributed by atoms with Gasteiger partial charge in [0.2, 0.25) is 0 Å². The average molecular weight is 447 g/mol. The molecule has 2 aliphatic heterocycles. The number of amides is 3. The number of pyridine rings is 1. The number of rotatable bonds is 8. The highest BCUT2D eigenvalue weighted by atomic mass is 16.2. The molecular formula is C27H34N4O2. The van der Waals surface area contributed by atoms with E-state index in [0.717, 1.165) is 38.0 Å². The first-order chi connectivity index (χ1) is 16.0. The number of benzene rings is 1. The number of urea groups is 1. The van der Waals surface area contributed by atoms with Crippen molar-refractivity contribution in [3.05, 3.63) is 71.6 Å². The molecule has 174 valence electrons. The summed E-state index contributed by atoms with van der Waals surface area (Å²) >= 11 is 0. The number of likely N-dealkylation sites (tertiary alicyclic amines) is 1. The minimum atomic E-state index is -0.673. The number of hydrogen-bond donors (Lipinski definition) is 0. The smallest absolute Gasteiger partial charge is 0.310 e. The maximum Gasteiger partial charge on any atom is 0.327 e. The van der Waals surface area contributed by atoms with Gasteiger partial charge in [-0.05, 0) is 56.7 Å². The Hall–Kier alpha value is -2.99. The quantitative estimate of drug-likeness (QED) is 0.569. The largest absolute Gasteiger partial charge is 0.327 e. The number of hydrogen-bond acceptors (Lipinski definition) is 4. The lowest BCUT2D eigenvalue weighted by atomic mass is 9.85. The standard InChI is InChI=1S/C27H34N4O2/c1-3-31-26(33)30(16-8-12-24-11-7-15-28-20-24)25(32)27(31)13-17-29(18-14-27)21-22(2)19-23-9-5-4-6-10-23/h4-7,9-11,15,19-20H,3,8,12-14,16-18,21H2,1-2H3. The minimum Gasteiger partial charge on any atom is -0.310 e. The molecule has 6 nitrogen and oxygen atoms in total. The zero-order valence-electron chi connectivity index (χ0n) is 19.7. The van der Waals surface area contributed by atoms with Gasteiger partial charge in [-0.1, -0.05) is 48.0 Å². The highest BCUT2D eigenvalue weighted by molar-refractivity contribution is 6.07. The molecular weight excluding hydrogens is 412 g/mol. The third kappa shape index (κ3) is 5.01. The van der Waals surface area contributed by atoms with Crippen LogP contribution in [0.5, 0.6) is 0 Å². The molecule has 0 atom stereocenters. The van der Waals surface area contributed by atoms with E-state index in [1.807, 2.05) is 48.4 Å². The number of piperidine rings is 1. The van der Waals surface area contributed by atoms with E-state index >= 15 is 0 Å². The van der Waals surface area contributed by atoms with Crippen LogP contribution in [-0.4, -0.2) is 69.9 Å². The van der Waals surface area contributed by atoms with Crippen LogP contribution in [0.15, 0.2) is 60.4 Å². The average Bonchev–Trinajstić information content (AvgIpc) is 3.02. The molecule has 3 heterocycles. The number of likely N-dealkylation sites (N-methyl/N-ethyl adjacent to an activating group) is 1. The Bertz CT molecular complexity index is 982. The van der Waals surface area contributed by atoms with Gasteiger partial charge < -0.3 is 4.90 Å². The normalized spacial score (nSPS) is 19.0. The molecule has 2 aromatic rings. The Kier molecular flexibility index (Phi) is 7.23. The second-order valence-corrected chi connectivity index (χ2v) is 9.16. The van der Waals surface area contributed by atoms with Gasteiger partial charge in [-0.2, -0.15) is 0 Å². The van der Waals surface area contributed by atoms with E-state index in [9.17, 15) is 9.59 Å². The van der Waals surface area contributed by atoms with Gasteiger partial charge in [0.1, 0.15) is 5.54 Å². The van der Waals surface area contributed by atoms with E-state index in [1.165, 1.54) is 16.0 Å². The molecule has 4 rings (SSSR count). The highest BCUT2D eigenvalue weighted by Gasteiger charge is 2.57. The van der Waals surface area contributed by atoms with Gasteiger partial charge in [0.15, 0.2) is 0 Å². The van der Waals surface area contributed by atoms with Gasteiger partial charge in [-0.15, -0.1) is 0 Å². The molecule has 2 aliphatic rings. The monoisotopic (exact) mass is 446 g/mol. The van der Waals surface area contributed by atoms with E-state index in [0.29, 0.717) is 25.9 Å². The molecule has 0 N–H and O–H groups in total. The molecule has 2 saturated heterocycles. The summed E-state index contributed by atoms with van der Waals surface area (Å²) in [5.41, 5.74) is 2.97. The van der Waals surface area contributed by atoms with E-state index in [2.05, 4.69) is 35.0 Å². The molecule has 0 aliphatic carbocycles. The SMILES string of the molecule is CCN1C(=O)N(CCCc2cccnc2)C(=O)C12CCN(CC(C)=Cc1ccccc1)CC2. The Labute approximate surface area is 196 Å². The molecule has 1 aromatic carbocycles. The molecule has 3 amide bonds. The van der Waals surface area contributed by atoms with Gasteiger partial charge in [-0.3, -0.25) is 19.6 Å². The molecule has 0 bridgehead atoms. The summed E-state index contributed by atoms with van der Waals surface area (Å²) in [7, 11) is 0. The molecule has 33 heavy (non-hydrogen) atoms. The van der Waals surface area contributed by atoms with Crippen LogP contribution in [0.1, 0.15) is 44.2 Å². The zero-order valence-corrected chi connectivity index (χ0v) is 19.7. The predicted octanol–water partition coefficient (Wildman–Crippen LogP) is 4.24. The van der Waals surface area contributed by atoms with Crippen LogP contribution in [0, 0.1) is 0 Å². The van der Waals surface area contributed by atoms with Crippen LogP contribution < -0.4 is 0 Å². The number of carbonyl (C=O) groups is 2. The zero-order chi connectivity index (χ0) is 23.3. The number of aryl methyl sites for hydroxylation is 1. The summed E-state index contributed by atoms with van der Waals surface area (Å²) < 4.78 is 0. The molecule has 1 spiro atoms. The van der Waals surface area contributed by atoms with Crippen molar-refractivity contribution in [3.63, 3.8) is 0 Å². The van der Waals surface area contributed by atoms with E-state index < -0.39 is 5.54 Å². The minimum absolute atomic E-state index is 0.00302.